The molecule has 0 aromatic heterocycles. The Morgan fingerprint density at radius 2 is 1.84 bits per heavy atom. The maximum atomic E-state index is 10.7. The minimum atomic E-state index is -0.625. The second-order valence-corrected chi connectivity index (χ2v) is 9.96. The molecule has 5 rings (SSSR count). The third-order valence-electron chi connectivity index (χ3n) is 6.47. The third-order valence-corrected chi connectivity index (χ3v) is 6.47. The van der Waals surface area contributed by atoms with Crippen molar-refractivity contribution in [2.24, 2.45) is 0 Å². The number of fused-ring (bicyclic) bond motifs is 2. The zero-order chi connectivity index (χ0) is 25.7. The highest BCUT2D eigenvalue weighted by atomic mass is 16.7. The summed E-state index contributed by atoms with van der Waals surface area (Å²) in [6.45, 7) is 6.93. The highest BCUT2D eigenvalue weighted by Gasteiger charge is 2.27. The van der Waals surface area contributed by atoms with Gasteiger partial charge in [-0.15, -0.1) is 0 Å². The van der Waals surface area contributed by atoms with Gasteiger partial charge in [0.05, 0.1) is 25.9 Å². The van der Waals surface area contributed by atoms with Crippen LogP contribution in [-0.2, 0) is 29.1 Å². The Morgan fingerprint density at radius 3 is 2.70 bits per heavy atom. The van der Waals surface area contributed by atoms with Gasteiger partial charge >= 0.3 is 0 Å². The number of rotatable bonds is 10. The van der Waals surface area contributed by atoms with Crippen LogP contribution in [0.15, 0.2) is 66.7 Å². The molecule has 7 nitrogen and oxygen atoms in total. The predicted molar refractivity (Wildman–Crippen MR) is 140 cm³/mol. The van der Waals surface area contributed by atoms with Crippen molar-refractivity contribution in [2.45, 2.75) is 51.5 Å². The van der Waals surface area contributed by atoms with E-state index in [0.29, 0.717) is 33.0 Å². The molecule has 2 heterocycles. The van der Waals surface area contributed by atoms with E-state index >= 15 is 0 Å². The lowest BCUT2D eigenvalue weighted by molar-refractivity contribution is -0.180. The summed E-state index contributed by atoms with van der Waals surface area (Å²) in [5, 5.41) is 14.0. The molecule has 2 aliphatic heterocycles. The van der Waals surface area contributed by atoms with Crippen LogP contribution >= 0.6 is 0 Å². The van der Waals surface area contributed by atoms with Crippen molar-refractivity contribution in [1.82, 2.24) is 5.32 Å². The lowest BCUT2D eigenvalue weighted by Gasteiger charge is -2.33. The van der Waals surface area contributed by atoms with E-state index in [4.69, 9.17) is 23.7 Å². The Bertz CT molecular complexity index is 1180. The van der Waals surface area contributed by atoms with E-state index in [-0.39, 0.29) is 6.10 Å². The van der Waals surface area contributed by atoms with Gasteiger partial charge in [-0.1, -0.05) is 42.5 Å². The first-order chi connectivity index (χ1) is 17.9. The molecule has 196 valence electrons. The first kappa shape index (κ1) is 25.5. The number of aliphatic hydroxyl groups excluding tert-OH is 1. The minimum Gasteiger partial charge on any atom is -0.486 e. The fraction of sp³-hybridized carbons (Fsp3) is 0.400. The number of benzene rings is 3. The molecule has 0 aliphatic carbocycles. The highest BCUT2D eigenvalue weighted by Crippen LogP contribution is 2.34. The van der Waals surface area contributed by atoms with Crippen LogP contribution in [0.1, 0.15) is 42.2 Å². The van der Waals surface area contributed by atoms with Crippen LogP contribution in [0.4, 0.5) is 0 Å². The van der Waals surface area contributed by atoms with E-state index < -0.39 is 11.9 Å². The monoisotopic (exact) mass is 505 g/mol. The Morgan fingerprint density at radius 1 is 1.00 bits per heavy atom. The summed E-state index contributed by atoms with van der Waals surface area (Å²) >= 11 is 0. The number of hydrogen-bond acceptors (Lipinski definition) is 7. The summed E-state index contributed by atoms with van der Waals surface area (Å²) < 4.78 is 29.4. The molecule has 0 radical (unpaired) electrons. The van der Waals surface area contributed by atoms with Crippen molar-refractivity contribution in [3.63, 3.8) is 0 Å². The Balaban J connectivity index is 1.06. The van der Waals surface area contributed by atoms with E-state index in [2.05, 4.69) is 11.4 Å². The largest absolute Gasteiger partial charge is 0.486 e. The van der Waals surface area contributed by atoms with Crippen LogP contribution < -0.4 is 19.5 Å². The van der Waals surface area contributed by atoms with E-state index in [1.807, 2.05) is 74.5 Å². The Kier molecular flexibility index (Phi) is 7.96. The van der Waals surface area contributed by atoms with Crippen molar-refractivity contribution in [3.8, 4) is 17.2 Å². The molecular formula is C30H35NO6. The fourth-order valence-corrected chi connectivity index (χ4v) is 4.43. The van der Waals surface area contributed by atoms with Crippen LogP contribution in [0, 0.1) is 0 Å². The maximum Gasteiger partial charge on any atom is 0.205 e. The molecule has 3 aromatic carbocycles. The lowest BCUT2D eigenvalue weighted by Crippen LogP contribution is -2.35. The van der Waals surface area contributed by atoms with Gasteiger partial charge in [-0.2, -0.15) is 0 Å². The molecule has 37 heavy (non-hydrogen) atoms. The van der Waals surface area contributed by atoms with E-state index in [0.717, 1.165) is 52.5 Å². The highest BCUT2D eigenvalue weighted by molar-refractivity contribution is 5.44. The quantitative estimate of drug-likeness (QED) is 0.391. The van der Waals surface area contributed by atoms with Crippen molar-refractivity contribution in [2.75, 3.05) is 26.3 Å². The molecule has 0 saturated carbocycles. The van der Waals surface area contributed by atoms with Gasteiger partial charge in [0.15, 0.2) is 17.6 Å². The van der Waals surface area contributed by atoms with Crippen LogP contribution in [0.25, 0.3) is 0 Å². The SMILES string of the molecule is CC1(C)OCc2cc([C@@H](O)CNCCc3ccc4c(c3)O[C@@H](COCc3ccccc3)CO4)ccc2O1. The predicted octanol–water partition coefficient (Wildman–Crippen LogP) is 4.55. The zero-order valence-corrected chi connectivity index (χ0v) is 21.4. The van der Waals surface area contributed by atoms with Gasteiger partial charge in [0.2, 0.25) is 5.79 Å². The molecule has 0 fully saturated rings. The molecule has 2 N–H and O–H groups in total. The van der Waals surface area contributed by atoms with Crippen LogP contribution in [-0.4, -0.2) is 43.3 Å². The van der Waals surface area contributed by atoms with Crippen LogP contribution in [0.5, 0.6) is 17.2 Å². The molecule has 3 aromatic rings. The molecule has 2 atom stereocenters. The Labute approximate surface area is 218 Å². The summed E-state index contributed by atoms with van der Waals surface area (Å²) in [6.07, 6.45) is 0.0508. The fourth-order valence-electron chi connectivity index (χ4n) is 4.43. The van der Waals surface area contributed by atoms with Crippen LogP contribution in [0.2, 0.25) is 0 Å². The van der Waals surface area contributed by atoms with Gasteiger partial charge in [0.1, 0.15) is 12.4 Å². The number of hydrogen-bond donors (Lipinski definition) is 2. The van der Waals surface area contributed by atoms with Crippen molar-refractivity contribution in [1.29, 1.82) is 0 Å². The maximum absolute atomic E-state index is 10.7. The third kappa shape index (κ3) is 6.81. The number of aliphatic hydroxyl groups is 1. The minimum absolute atomic E-state index is 0.141. The average Bonchev–Trinajstić information content (AvgIpc) is 2.90. The smallest absolute Gasteiger partial charge is 0.205 e. The van der Waals surface area contributed by atoms with Crippen molar-refractivity contribution in [3.05, 3.63) is 89.0 Å². The van der Waals surface area contributed by atoms with Crippen molar-refractivity contribution < 1.29 is 28.8 Å². The second-order valence-electron chi connectivity index (χ2n) is 9.96. The molecule has 0 bridgehead atoms. The van der Waals surface area contributed by atoms with Gasteiger partial charge in [0.25, 0.3) is 0 Å². The topological polar surface area (TPSA) is 78.4 Å². The van der Waals surface area contributed by atoms with E-state index in [9.17, 15) is 5.11 Å². The normalized spacial score (nSPS) is 18.5. The van der Waals surface area contributed by atoms with Gasteiger partial charge in [-0.05, 0) is 53.9 Å². The first-order valence-corrected chi connectivity index (χ1v) is 12.8. The lowest BCUT2D eigenvalue weighted by atomic mass is 10.0. The molecule has 0 saturated heterocycles. The van der Waals surface area contributed by atoms with Gasteiger partial charge in [-0.25, -0.2) is 0 Å². The van der Waals surface area contributed by atoms with Crippen LogP contribution in [0.3, 0.4) is 0 Å². The number of ether oxygens (including phenoxy) is 5. The molecule has 0 unspecified atom stereocenters. The molecule has 0 spiro atoms. The number of nitrogens with one attached hydrogen (secondary N) is 1. The zero-order valence-electron chi connectivity index (χ0n) is 21.4. The first-order valence-electron chi connectivity index (χ1n) is 12.8. The van der Waals surface area contributed by atoms with Crippen molar-refractivity contribution >= 4 is 0 Å². The second kappa shape index (κ2) is 11.5. The summed E-state index contributed by atoms with van der Waals surface area (Å²) in [5.74, 6) is 1.69. The average molecular weight is 506 g/mol. The standard InChI is InChI=1S/C30H35NO6/c1-30(2)35-18-24-15-23(9-11-27(24)37-30)26(32)16-31-13-12-21-8-10-28-29(14-21)36-25(20-34-28)19-33-17-22-6-4-3-5-7-22/h3-11,14-15,25-26,31-32H,12-13,16-20H2,1-2H3/t25-,26-/m0/s1. The Hall–Kier alpha value is -3.10. The van der Waals surface area contributed by atoms with E-state index in [1.54, 1.807) is 0 Å². The van der Waals surface area contributed by atoms with Gasteiger partial charge in [-0.3, -0.25) is 0 Å². The van der Waals surface area contributed by atoms with E-state index in [1.165, 1.54) is 0 Å². The molecule has 7 heteroatoms. The summed E-state index contributed by atoms with van der Waals surface area (Å²) in [6, 6.07) is 21.9. The molecule has 0 amide bonds. The summed E-state index contributed by atoms with van der Waals surface area (Å²) in [4.78, 5) is 0. The molecular weight excluding hydrogens is 470 g/mol. The summed E-state index contributed by atoms with van der Waals surface area (Å²) in [5.41, 5.74) is 4.08. The van der Waals surface area contributed by atoms with Gasteiger partial charge in [0, 0.05) is 26.0 Å². The van der Waals surface area contributed by atoms with Gasteiger partial charge < -0.3 is 34.1 Å². The molecule has 2 aliphatic rings. The summed E-state index contributed by atoms with van der Waals surface area (Å²) in [7, 11) is 0.